The number of benzene rings is 2. The summed E-state index contributed by atoms with van der Waals surface area (Å²) in [5.74, 6) is 6.21. The van der Waals surface area contributed by atoms with Crippen LogP contribution in [0.2, 0.25) is 0 Å². The third-order valence-electron chi connectivity index (χ3n) is 5.76. The van der Waals surface area contributed by atoms with Gasteiger partial charge in [0, 0.05) is 18.5 Å². The van der Waals surface area contributed by atoms with Crippen LogP contribution in [-0.2, 0) is 13.0 Å². The second-order valence-corrected chi connectivity index (χ2v) is 8.00. The largest absolute Gasteiger partial charge is 0.493 e. The molecule has 1 unspecified atom stereocenters. The fraction of sp³-hybridized carbons (Fsp3) is 0.417. The number of nitrogens with two attached hydrogens (primary N) is 1. The third-order valence-corrected chi connectivity index (χ3v) is 5.76. The normalized spacial score (nSPS) is 21.0. The molecule has 5 nitrogen and oxygen atoms in total. The van der Waals surface area contributed by atoms with E-state index in [0.29, 0.717) is 11.5 Å². The minimum atomic E-state index is 0.157. The summed E-state index contributed by atoms with van der Waals surface area (Å²) >= 11 is 0. The van der Waals surface area contributed by atoms with Gasteiger partial charge in [0.15, 0.2) is 11.5 Å². The van der Waals surface area contributed by atoms with E-state index in [1.807, 2.05) is 19.1 Å². The van der Waals surface area contributed by atoms with Crippen LogP contribution in [0.4, 0.5) is 0 Å². The molecular weight excluding hydrogens is 364 g/mol. The third kappa shape index (κ3) is 5.38. The summed E-state index contributed by atoms with van der Waals surface area (Å²) in [6.07, 6.45) is 9.58. The molecule has 0 amide bonds. The Morgan fingerprint density at radius 1 is 1.14 bits per heavy atom. The zero-order valence-electron chi connectivity index (χ0n) is 17.4. The fourth-order valence-corrected chi connectivity index (χ4v) is 4.30. The van der Waals surface area contributed by atoms with E-state index >= 15 is 0 Å². The summed E-state index contributed by atoms with van der Waals surface area (Å²) < 4.78 is 5.01. The molecule has 1 aliphatic carbocycles. The number of hydrogen-bond acceptors (Lipinski definition) is 5. The summed E-state index contributed by atoms with van der Waals surface area (Å²) in [7, 11) is 1.58. The number of aliphatic hydroxyl groups is 1. The van der Waals surface area contributed by atoms with E-state index in [1.54, 1.807) is 13.2 Å². The Kier molecular flexibility index (Phi) is 7.31. The lowest BCUT2D eigenvalue weighted by Gasteiger charge is -2.35. The van der Waals surface area contributed by atoms with E-state index in [0.717, 1.165) is 25.1 Å². The standard InChI is InChI=1S/C16H21NO.C8H11NO2/c18-13-17-11-15-7-3-2-6-14(15)10-16(12-17)8-4-1-5-9-16;1-6-3-4-7(11-9)8(5-6)10-2/h2-4,6-8,18H,1,5,9-13H2;3-5H,9H2,1-2H3. The maximum absolute atomic E-state index is 9.56. The van der Waals surface area contributed by atoms with E-state index in [4.69, 9.17) is 10.6 Å². The molecule has 1 aliphatic heterocycles. The molecule has 0 aromatic heterocycles. The highest BCUT2D eigenvalue weighted by molar-refractivity contribution is 5.42. The van der Waals surface area contributed by atoms with Crippen molar-refractivity contribution < 1.29 is 14.7 Å². The number of rotatable bonds is 3. The van der Waals surface area contributed by atoms with Gasteiger partial charge in [-0.15, -0.1) is 0 Å². The molecule has 4 rings (SSSR count). The van der Waals surface area contributed by atoms with E-state index < -0.39 is 0 Å². The molecule has 0 saturated heterocycles. The smallest absolute Gasteiger partial charge is 0.188 e. The van der Waals surface area contributed by atoms with Crippen molar-refractivity contribution in [3.8, 4) is 11.5 Å². The first-order valence-electron chi connectivity index (χ1n) is 10.2. The quantitative estimate of drug-likeness (QED) is 0.607. The fourth-order valence-electron chi connectivity index (χ4n) is 4.30. The zero-order chi connectivity index (χ0) is 20.7. The number of methoxy groups -OCH3 is 1. The molecule has 156 valence electrons. The van der Waals surface area contributed by atoms with Gasteiger partial charge in [0.25, 0.3) is 0 Å². The first-order valence-corrected chi connectivity index (χ1v) is 10.2. The average molecular weight is 397 g/mol. The lowest BCUT2D eigenvalue weighted by Crippen LogP contribution is -2.37. The number of allylic oxidation sites excluding steroid dienone is 1. The summed E-state index contributed by atoms with van der Waals surface area (Å²) in [4.78, 5) is 6.73. The van der Waals surface area contributed by atoms with Crippen molar-refractivity contribution in [3.63, 3.8) is 0 Å². The van der Waals surface area contributed by atoms with Gasteiger partial charge in [-0.2, -0.15) is 5.90 Å². The molecule has 29 heavy (non-hydrogen) atoms. The average Bonchev–Trinajstić information content (AvgIpc) is 2.90. The van der Waals surface area contributed by atoms with Gasteiger partial charge in [-0.3, -0.25) is 4.90 Å². The molecule has 1 atom stereocenters. The molecule has 0 fully saturated rings. The molecule has 5 heteroatoms. The van der Waals surface area contributed by atoms with E-state index in [1.165, 1.54) is 30.4 Å². The van der Waals surface area contributed by atoms with Crippen LogP contribution in [0.25, 0.3) is 0 Å². The van der Waals surface area contributed by atoms with Crippen LogP contribution in [0.15, 0.2) is 54.6 Å². The number of nitrogens with zero attached hydrogens (tertiary/aromatic N) is 1. The van der Waals surface area contributed by atoms with Gasteiger partial charge < -0.3 is 14.7 Å². The van der Waals surface area contributed by atoms with E-state index in [2.05, 4.69) is 46.2 Å². The Morgan fingerprint density at radius 2 is 1.93 bits per heavy atom. The Morgan fingerprint density at radius 3 is 2.59 bits per heavy atom. The Balaban J connectivity index is 0.000000188. The van der Waals surface area contributed by atoms with Crippen LogP contribution in [0, 0.1) is 12.3 Å². The Hall–Kier alpha value is -2.34. The van der Waals surface area contributed by atoms with Crippen molar-refractivity contribution in [2.45, 2.75) is 39.2 Å². The first-order chi connectivity index (χ1) is 14.1. The highest BCUT2D eigenvalue weighted by Crippen LogP contribution is 2.38. The summed E-state index contributed by atoms with van der Waals surface area (Å²) in [6.45, 7) is 3.99. The van der Waals surface area contributed by atoms with Crippen LogP contribution in [0.3, 0.4) is 0 Å². The predicted molar refractivity (Wildman–Crippen MR) is 116 cm³/mol. The predicted octanol–water partition coefficient (Wildman–Crippen LogP) is 3.98. The molecule has 1 spiro atoms. The molecule has 1 heterocycles. The molecular formula is C24H32N2O3. The van der Waals surface area contributed by atoms with Crippen molar-refractivity contribution in [1.82, 2.24) is 4.90 Å². The second-order valence-electron chi connectivity index (χ2n) is 8.00. The highest BCUT2D eigenvalue weighted by Gasteiger charge is 2.34. The lowest BCUT2D eigenvalue weighted by molar-refractivity contribution is 0.0687. The van der Waals surface area contributed by atoms with Gasteiger partial charge >= 0.3 is 0 Å². The molecule has 2 aliphatic rings. The lowest BCUT2D eigenvalue weighted by atomic mass is 9.74. The molecule has 2 aromatic carbocycles. The highest BCUT2D eigenvalue weighted by atomic mass is 16.6. The summed E-state index contributed by atoms with van der Waals surface area (Å²) in [5, 5.41) is 9.56. The molecule has 3 N–H and O–H groups in total. The molecule has 2 aromatic rings. The van der Waals surface area contributed by atoms with Crippen LogP contribution < -0.4 is 15.5 Å². The van der Waals surface area contributed by atoms with Crippen molar-refractivity contribution in [1.29, 1.82) is 0 Å². The van der Waals surface area contributed by atoms with E-state index in [-0.39, 0.29) is 12.1 Å². The van der Waals surface area contributed by atoms with Gasteiger partial charge in [0.1, 0.15) is 0 Å². The topological polar surface area (TPSA) is 68.0 Å². The maximum Gasteiger partial charge on any atom is 0.188 e. The Bertz CT molecular complexity index is 837. The van der Waals surface area contributed by atoms with Gasteiger partial charge in [0.05, 0.1) is 13.8 Å². The van der Waals surface area contributed by atoms with Crippen molar-refractivity contribution >= 4 is 0 Å². The molecule has 0 saturated carbocycles. The first kappa shape index (κ1) is 21.4. The van der Waals surface area contributed by atoms with Gasteiger partial charge in [-0.25, -0.2) is 0 Å². The van der Waals surface area contributed by atoms with Crippen LogP contribution in [0.1, 0.15) is 36.0 Å². The van der Waals surface area contributed by atoms with Gasteiger partial charge in [-0.1, -0.05) is 42.5 Å². The second kappa shape index (κ2) is 9.92. The summed E-state index contributed by atoms with van der Waals surface area (Å²) in [6, 6.07) is 14.2. The van der Waals surface area contributed by atoms with Crippen LogP contribution in [0.5, 0.6) is 11.5 Å². The molecule has 0 radical (unpaired) electrons. The monoisotopic (exact) mass is 396 g/mol. The molecule has 0 bridgehead atoms. The SMILES string of the molecule is COc1cc(C)ccc1ON.OCN1Cc2ccccc2CC2(C=CCCC2)C1. The van der Waals surface area contributed by atoms with Crippen molar-refractivity contribution in [2.24, 2.45) is 11.3 Å². The number of fused-ring (bicyclic) bond motifs is 1. The number of aryl methyl sites for hydroxylation is 1. The zero-order valence-corrected chi connectivity index (χ0v) is 17.4. The number of hydrogen-bond donors (Lipinski definition) is 2. The van der Waals surface area contributed by atoms with Crippen LogP contribution >= 0.6 is 0 Å². The Labute approximate surface area is 173 Å². The van der Waals surface area contributed by atoms with Gasteiger partial charge in [-0.05, 0) is 61.4 Å². The van der Waals surface area contributed by atoms with E-state index in [9.17, 15) is 5.11 Å². The van der Waals surface area contributed by atoms with Gasteiger partial charge in [0.2, 0.25) is 0 Å². The number of ether oxygens (including phenoxy) is 1. The van der Waals surface area contributed by atoms with Crippen molar-refractivity contribution in [2.75, 3.05) is 20.4 Å². The number of aliphatic hydroxyl groups excluding tert-OH is 1. The van der Waals surface area contributed by atoms with Crippen LogP contribution in [-0.4, -0.2) is 30.4 Å². The van der Waals surface area contributed by atoms with Crippen molar-refractivity contribution in [3.05, 3.63) is 71.3 Å². The summed E-state index contributed by atoms with van der Waals surface area (Å²) in [5.41, 5.74) is 4.19. The maximum atomic E-state index is 9.56. The minimum absolute atomic E-state index is 0.157. The minimum Gasteiger partial charge on any atom is -0.493 e.